The molecule has 4 aromatic carbocycles. The van der Waals surface area contributed by atoms with Crippen LogP contribution < -0.4 is 20.3 Å². The van der Waals surface area contributed by atoms with Crippen molar-refractivity contribution < 1.29 is 0 Å². The van der Waals surface area contributed by atoms with Crippen molar-refractivity contribution in [2.24, 2.45) is 11.8 Å². The van der Waals surface area contributed by atoms with Crippen LogP contribution in [0.15, 0.2) is 121 Å². The highest BCUT2D eigenvalue weighted by molar-refractivity contribution is 7.69. The molecule has 0 amide bonds. The van der Waals surface area contributed by atoms with Gasteiger partial charge in [-0.05, 0) is 34.1 Å². The Kier molecular flexibility index (Phi) is 7.89. The molecule has 4 nitrogen and oxygen atoms in total. The van der Waals surface area contributed by atoms with Crippen molar-refractivity contribution in [2.45, 2.75) is 63.7 Å². The average molecular weight is 564 g/mol. The summed E-state index contributed by atoms with van der Waals surface area (Å²) in [5.41, 5.74) is 4.36. The summed E-state index contributed by atoms with van der Waals surface area (Å²) in [5.74, 6) is 0.854. The first kappa shape index (κ1) is 28.3. The van der Waals surface area contributed by atoms with Gasteiger partial charge in [0.25, 0.3) is 0 Å². The first-order valence-corrected chi connectivity index (χ1v) is 17.0. The van der Waals surface area contributed by atoms with Crippen molar-refractivity contribution in [3.05, 3.63) is 144 Å². The van der Waals surface area contributed by atoms with Gasteiger partial charge >= 0.3 is 7.87 Å². The number of nitrogens with one attached hydrogen (secondary N) is 4. The fourth-order valence-electron chi connectivity index (χ4n) is 7.17. The van der Waals surface area contributed by atoms with Gasteiger partial charge in [0.1, 0.15) is 11.1 Å². The van der Waals surface area contributed by atoms with Crippen LogP contribution in [0.3, 0.4) is 0 Å². The van der Waals surface area contributed by atoms with Crippen molar-refractivity contribution in [3.63, 3.8) is 0 Å². The maximum atomic E-state index is 4.36. The summed E-state index contributed by atoms with van der Waals surface area (Å²) in [6.07, 6.45) is 2.16. The van der Waals surface area contributed by atoms with E-state index >= 15 is 0 Å². The molecule has 4 N–H and O–H groups in total. The van der Waals surface area contributed by atoms with E-state index in [2.05, 4.69) is 169 Å². The van der Waals surface area contributed by atoms with Gasteiger partial charge in [-0.25, -0.2) is 0 Å². The smallest absolute Gasteiger partial charge is 0.140 e. The second-order valence-corrected chi connectivity index (χ2v) is 14.3. The summed E-state index contributed by atoms with van der Waals surface area (Å²) in [7, 11) is -2.35. The second-order valence-electron chi connectivity index (χ2n) is 12.0. The molecule has 2 heterocycles. The van der Waals surface area contributed by atoms with Crippen LogP contribution in [0.25, 0.3) is 0 Å². The van der Waals surface area contributed by atoms with Crippen LogP contribution in [0.2, 0.25) is 0 Å². The van der Waals surface area contributed by atoms with Gasteiger partial charge in [0.15, 0.2) is 0 Å². The molecule has 2 fully saturated rings. The zero-order valence-corrected chi connectivity index (χ0v) is 25.6. The van der Waals surface area contributed by atoms with E-state index in [0.29, 0.717) is 11.8 Å². The minimum Gasteiger partial charge on any atom is -0.140 e. The standard InChI is InChI=1S/C36H44N4P/c1-5-27(3)33-35(29-19-11-7-12-20-29,30-21-13-8-14-22-30)39-41(37-33)38-34(28(4)6-2)36(40-41,31-23-15-9-16-24-31)32-25-17-10-18-26-32/h7-28,33-34,37-40H,5-6H2,1-4H3/q+1/t27?,28?,33-,34-,41?/m0/s1. The first-order chi connectivity index (χ1) is 20.0. The lowest BCUT2D eigenvalue weighted by Gasteiger charge is -2.36. The molecule has 2 aliphatic rings. The van der Waals surface area contributed by atoms with Crippen LogP contribution in [0, 0.1) is 11.8 Å². The Morgan fingerprint density at radius 2 is 0.780 bits per heavy atom. The molecule has 0 saturated carbocycles. The third-order valence-corrected chi connectivity index (χ3v) is 12.3. The number of benzene rings is 4. The Hall–Kier alpha value is -2.85. The summed E-state index contributed by atoms with van der Waals surface area (Å²) in [6.45, 7) is 9.41. The summed E-state index contributed by atoms with van der Waals surface area (Å²) >= 11 is 0. The van der Waals surface area contributed by atoms with E-state index in [4.69, 9.17) is 0 Å². The minimum atomic E-state index is -2.35. The Labute approximate surface area is 246 Å². The van der Waals surface area contributed by atoms with Crippen molar-refractivity contribution in [1.82, 2.24) is 20.3 Å². The number of hydrogen-bond donors (Lipinski definition) is 4. The van der Waals surface area contributed by atoms with Gasteiger partial charge in [-0.3, -0.25) is 0 Å². The molecule has 1 spiro atoms. The molecule has 5 heteroatoms. The highest BCUT2D eigenvalue weighted by Gasteiger charge is 2.71. The zero-order chi connectivity index (χ0) is 28.5. The lowest BCUT2D eigenvalue weighted by Crippen LogP contribution is -2.50. The Bertz CT molecular complexity index is 1220. The Morgan fingerprint density at radius 3 is 1.02 bits per heavy atom. The van der Waals surface area contributed by atoms with Crippen molar-refractivity contribution >= 4 is 7.87 Å². The number of hydrogen-bond acceptors (Lipinski definition) is 4. The molecule has 212 valence electrons. The van der Waals surface area contributed by atoms with Crippen LogP contribution in [-0.2, 0) is 11.1 Å². The molecule has 0 bridgehead atoms. The molecule has 0 aliphatic carbocycles. The van der Waals surface area contributed by atoms with Crippen LogP contribution in [0.5, 0.6) is 0 Å². The SMILES string of the molecule is CCC(C)[C@@H]1N[P+]2(N[C@@H](C(C)CC)C(c3ccccc3)(c3ccccc3)N2)NC1(c1ccccc1)c1ccccc1. The molecular formula is C36H44N4P+. The van der Waals surface area contributed by atoms with Crippen molar-refractivity contribution in [1.29, 1.82) is 0 Å². The van der Waals surface area contributed by atoms with E-state index in [1.54, 1.807) is 0 Å². The zero-order valence-electron chi connectivity index (χ0n) is 24.7. The van der Waals surface area contributed by atoms with E-state index in [1.165, 1.54) is 22.3 Å². The lowest BCUT2D eigenvalue weighted by molar-refractivity contribution is 0.302. The largest absolute Gasteiger partial charge is 0.301 e. The molecule has 0 aromatic heterocycles. The molecule has 2 aliphatic heterocycles. The predicted octanol–water partition coefficient (Wildman–Crippen LogP) is 7.77. The molecule has 2 saturated heterocycles. The van der Waals surface area contributed by atoms with Crippen LogP contribution in [-0.4, -0.2) is 12.1 Å². The van der Waals surface area contributed by atoms with Gasteiger partial charge in [-0.2, -0.15) is 0 Å². The highest BCUT2D eigenvalue weighted by Crippen LogP contribution is 2.65. The molecule has 4 aromatic rings. The van der Waals surface area contributed by atoms with Gasteiger partial charge in [-0.1, -0.05) is 162 Å². The lowest BCUT2D eigenvalue weighted by atomic mass is 9.73. The third kappa shape index (κ3) is 4.67. The molecule has 0 radical (unpaired) electrons. The Morgan fingerprint density at radius 1 is 0.512 bits per heavy atom. The van der Waals surface area contributed by atoms with E-state index in [-0.39, 0.29) is 12.1 Å². The summed E-state index contributed by atoms with van der Waals surface area (Å²) in [5, 5.41) is 17.3. The highest BCUT2D eigenvalue weighted by atomic mass is 31.2. The van der Waals surface area contributed by atoms with Crippen LogP contribution in [0.4, 0.5) is 0 Å². The third-order valence-electron chi connectivity index (χ3n) is 9.63. The molecule has 41 heavy (non-hydrogen) atoms. The summed E-state index contributed by atoms with van der Waals surface area (Å²) in [4.78, 5) is 0. The maximum Gasteiger partial charge on any atom is 0.301 e. The van der Waals surface area contributed by atoms with Crippen LogP contribution >= 0.6 is 7.87 Å². The average Bonchev–Trinajstić information content (AvgIpc) is 3.58. The Balaban J connectivity index is 1.58. The monoisotopic (exact) mass is 563 g/mol. The summed E-state index contributed by atoms with van der Waals surface area (Å²) < 4.78 is 0. The second kappa shape index (κ2) is 11.4. The fraction of sp³-hybridized carbons (Fsp3) is 0.333. The van der Waals surface area contributed by atoms with Gasteiger partial charge in [0, 0.05) is 0 Å². The normalized spacial score (nSPS) is 26.1. The maximum absolute atomic E-state index is 4.36. The van der Waals surface area contributed by atoms with Gasteiger partial charge in [0.2, 0.25) is 0 Å². The first-order valence-electron chi connectivity index (χ1n) is 15.2. The molecule has 6 rings (SSSR count). The van der Waals surface area contributed by atoms with E-state index in [0.717, 1.165) is 12.8 Å². The number of rotatable bonds is 8. The fourth-order valence-corrected chi connectivity index (χ4v) is 11.1. The quantitative estimate of drug-likeness (QED) is 0.166. The van der Waals surface area contributed by atoms with E-state index in [1.807, 2.05) is 0 Å². The molecular weight excluding hydrogens is 519 g/mol. The van der Waals surface area contributed by atoms with Crippen LogP contribution in [0.1, 0.15) is 62.8 Å². The molecule has 4 atom stereocenters. The minimum absolute atomic E-state index is 0.172. The van der Waals surface area contributed by atoms with E-state index in [9.17, 15) is 0 Å². The van der Waals surface area contributed by atoms with Crippen molar-refractivity contribution in [2.75, 3.05) is 0 Å². The van der Waals surface area contributed by atoms with Gasteiger partial charge in [-0.15, -0.1) is 20.3 Å². The van der Waals surface area contributed by atoms with Gasteiger partial charge < -0.3 is 0 Å². The predicted molar refractivity (Wildman–Crippen MR) is 173 cm³/mol. The van der Waals surface area contributed by atoms with E-state index < -0.39 is 18.9 Å². The summed E-state index contributed by atoms with van der Waals surface area (Å²) in [6, 6.07) is 44.6. The van der Waals surface area contributed by atoms with Gasteiger partial charge in [0.05, 0.1) is 12.1 Å². The topological polar surface area (TPSA) is 48.1 Å². The molecule has 2 unspecified atom stereocenters. The van der Waals surface area contributed by atoms with Crippen molar-refractivity contribution in [3.8, 4) is 0 Å².